The number of nitrogens with two attached hydrogens (primary N) is 1. The Morgan fingerprint density at radius 1 is 1.64 bits per heavy atom. The van der Waals surface area contributed by atoms with Gasteiger partial charge in [-0.15, -0.1) is 0 Å². The van der Waals surface area contributed by atoms with Crippen LogP contribution in [-0.2, 0) is 4.79 Å². The average molecular weight is 201 g/mol. The van der Waals surface area contributed by atoms with Crippen LogP contribution in [-0.4, -0.2) is 36.8 Å². The number of rotatable bonds is 5. The summed E-state index contributed by atoms with van der Waals surface area (Å²) >= 11 is 0. The molecule has 0 aliphatic heterocycles. The Hall–Kier alpha value is -1.07. The fraction of sp³-hybridized carbons (Fsp3) is 0.667. The molecular formula is C9H19N3O2. The summed E-state index contributed by atoms with van der Waals surface area (Å²) in [6, 6.07) is -0.513. The van der Waals surface area contributed by atoms with Gasteiger partial charge in [-0.05, 0) is 20.9 Å². The molecule has 5 nitrogen and oxygen atoms in total. The predicted molar refractivity (Wildman–Crippen MR) is 55.5 cm³/mol. The van der Waals surface area contributed by atoms with E-state index in [4.69, 9.17) is 5.73 Å². The third-order valence-electron chi connectivity index (χ3n) is 1.83. The number of aliphatic hydroxyl groups is 1. The molecule has 14 heavy (non-hydrogen) atoms. The van der Waals surface area contributed by atoms with Gasteiger partial charge < -0.3 is 21.5 Å². The van der Waals surface area contributed by atoms with Gasteiger partial charge in [0.05, 0.1) is 18.7 Å². The first-order valence-electron chi connectivity index (χ1n) is 4.56. The van der Waals surface area contributed by atoms with Crippen molar-refractivity contribution in [1.82, 2.24) is 10.6 Å². The average Bonchev–Trinajstić information content (AvgIpc) is 2.13. The van der Waals surface area contributed by atoms with E-state index in [0.717, 1.165) is 0 Å². The molecule has 5 heteroatoms. The number of nitrogens with one attached hydrogen (secondary N) is 2. The van der Waals surface area contributed by atoms with E-state index in [1.807, 2.05) is 0 Å². The highest BCUT2D eigenvalue weighted by Gasteiger charge is 2.18. The third kappa shape index (κ3) is 4.25. The highest BCUT2D eigenvalue weighted by Crippen LogP contribution is 2.00. The van der Waals surface area contributed by atoms with Gasteiger partial charge in [-0.25, -0.2) is 0 Å². The van der Waals surface area contributed by atoms with Crippen molar-refractivity contribution in [2.24, 2.45) is 5.73 Å². The maximum Gasteiger partial charge on any atom is 0.234 e. The predicted octanol–water partition coefficient (Wildman–Crippen LogP) is -1.07. The summed E-state index contributed by atoms with van der Waals surface area (Å²) in [5.74, 6) is -0.191. The van der Waals surface area contributed by atoms with Gasteiger partial charge in [0.15, 0.2) is 0 Å². The topological polar surface area (TPSA) is 87.4 Å². The zero-order valence-corrected chi connectivity index (χ0v) is 8.87. The molecule has 82 valence electrons. The summed E-state index contributed by atoms with van der Waals surface area (Å²) in [6.07, 6.45) is 0.962. The van der Waals surface area contributed by atoms with E-state index in [-0.39, 0.29) is 12.5 Å². The minimum absolute atomic E-state index is 0.191. The Kier molecular flexibility index (Phi) is 5.91. The Balaban J connectivity index is 4.31. The van der Waals surface area contributed by atoms with Gasteiger partial charge in [0.2, 0.25) is 5.91 Å². The fourth-order valence-electron chi connectivity index (χ4n) is 1.05. The summed E-state index contributed by atoms with van der Waals surface area (Å²) in [5, 5.41) is 14.7. The first kappa shape index (κ1) is 12.9. The lowest BCUT2D eigenvalue weighted by molar-refractivity contribution is -0.121. The molecule has 2 unspecified atom stereocenters. The van der Waals surface area contributed by atoms with Crippen molar-refractivity contribution in [2.45, 2.75) is 26.0 Å². The second-order valence-corrected chi connectivity index (χ2v) is 3.10. The molecule has 0 spiro atoms. The molecule has 0 aliphatic carbocycles. The van der Waals surface area contributed by atoms with Gasteiger partial charge in [0.1, 0.15) is 0 Å². The van der Waals surface area contributed by atoms with Crippen molar-refractivity contribution in [3.8, 4) is 0 Å². The molecule has 0 aliphatic rings. The minimum atomic E-state index is -0.702. The lowest BCUT2D eigenvalue weighted by Crippen LogP contribution is -2.47. The van der Waals surface area contributed by atoms with Crippen molar-refractivity contribution in [3.05, 3.63) is 11.8 Å². The second-order valence-electron chi connectivity index (χ2n) is 3.10. The van der Waals surface area contributed by atoms with Crippen LogP contribution in [0.25, 0.3) is 0 Å². The lowest BCUT2D eigenvalue weighted by atomic mass is 10.1. The Bertz CT molecular complexity index is 214. The van der Waals surface area contributed by atoms with Crippen LogP contribution in [0.4, 0.5) is 0 Å². The summed E-state index contributed by atoms with van der Waals surface area (Å²) in [4.78, 5) is 11.2. The largest absolute Gasteiger partial charge is 0.401 e. The van der Waals surface area contributed by atoms with Gasteiger partial charge >= 0.3 is 0 Å². The Labute approximate surface area is 84.4 Å². The lowest BCUT2D eigenvalue weighted by Gasteiger charge is -2.21. The molecule has 0 saturated heterocycles. The highest BCUT2D eigenvalue weighted by molar-refractivity contribution is 5.78. The molecule has 1 amide bonds. The van der Waals surface area contributed by atoms with Crippen molar-refractivity contribution < 1.29 is 9.90 Å². The zero-order chi connectivity index (χ0) is 11.1. The molecule has 0 rings (SSSR count). The number of hydrogen-bond donors (Lipinski definition) is 4. The summed E-state index contributed by atoms with van der Waals surface area (Å²) in [6.45, 7) is 3.55. The highest BCUT2D eigenvalue weighted by atomic mass is 16.3. The van der Waals surface area contributed by atoms with Gasteiger partial charge in [-0.3, -0.25) is 4.79 Å². The maximum atomic E-state index is 11.2. The number of likely N-dealkylation sites (N-methyl/N-ethyl adjacent to an activating group) is 1. The van der Waals surface area contributed by atoms with Crippen LogP contribution < -0.4 is 16.4 Å². The number of amides is 1. The quantitative estimate of drug-likeness (QED) is 0.456. The first-order valence-corrected chi connectivity index (χ1v) is 4.56. The van der Waals surface area contributed by atoms with E-state index in [2.05, 4.69) is 10.6 Å². The van der Waals surface area contributed by atoms with E-state index in [1.165, 1.54) is 0 Å². The summed E-state index contributed by atoms with van der Waals surface area (Å²) < 4.78 is 0. The standard InChI is InChI=1S/C9H19N3O2/c1-4-7(10)9(6(2)13)12-8(14)5-11-3/h4,6,9,11,13H,5,10H2,1-3H3,(H,12,14)/b7-4+. The van der Waals surface area contributed by atoms with Crippen LogP contribution >= 0.6 is 0 Å². The molecule has 0 heterocycles. The molecular weight excluding hydrogens is 182 g/mol. The molecule has 0 aromatic carbocycles. The number of carbonyl (C=O) groups is 1. The van der Waals surface area contributed by atoms with Crippen molar-refractivity contribution >= 4 is 5.91 Å². The van der Waals surface area contributed by atoms with E-state index in [0.29, 0.717) is 5.70 Å². The molecule has 0 radical (unpaired) electrons. The Morgan fingerprint density at radius 3 is 2.57 bits per heavy atom. The third-order valence-corrected chi connectivity index (χ3v) is 1.83. The van der Waals surface area contributed by atoms with Gasteiger partial charge in [0, 0.05) is 5.70 Å². The van der Waals surface area contributed by atoms with Crippen LogP contribution in [0.5, 0.6) is 0 Å². The number of carbonyl (C=O) groups excluding carboxylic acids is 1. The SMILES string of the molecule is C/C=C(/N)C(NC(=O)CNC)C(C)O. The molecule has 0 bridgehead atoms. The van der Waals surface area contributed by atoms with Crippen molar-refractivity contribution in [3.63, 3.8) is 0 Å². The summed E-state index contributed by atoms with van der Waals surface area (Å²) in [7, 11) is 1.68. The molecule has 2 atom stereocenters. The van der Waals surface area contributed by atoms with Crippen LogP contribution in [0.3, 0.4) is 0 Å². The smallest absolute Gasteiger partial charge is 0.234 e. The fourth-order valence-corrected chi connectivity index (χ4v) is 1.05. The number of aliphatic hydroxyl groups excluding tert-OH is 1. The maximum absolute atomic E-state index is 11.2. The zero-order valence-electron chi connectivity index (χ0n) is 8.87. The summed E-state index contributed by atoms with van der Waals surface area (Å²) in [5.41, 5.74) is 6.09. The molecule has 0 aromatic rings. The molecule has 5 N–H and O–H groups in total. The number of allylic oxidation sites excluding steroid dienone is 1. The van der Waals surface area contributed by atoms with E-state index < -0.39 is 12.1 Å². The Morgan fingerprint density at radius 2 is 2.21 bits per heavy atom. The van der Waals surface area contributed by atoms with E-state index >= 15 is 0 Å². The van der Waals surface area contributed by atoms with Crippen LogP contribution in [0.1, 0.15) is 13.8 Å². The van der Waals surface area contributed by atoms with Crippen LogP contribution in [0.15, 0.2) is 11.8 Å². The van der Waals surface area contributed by atoms with Crippen molar-refractivity contribution in [2.75, 3.05) is 13.6 Å². The van der Waals surface area contributed by atoms with Gasteiger partial charge in [-0.1, -0.05) is 6.08 Å². The normalized spacial score (nSPS) is 16.1. The van der Waals surface area contributed by atoms with E-state index in [1.54, 1.807) is 27.0 Å². The minimum Gasteiger partial charge on any atom is -0.401 e. The van der Waals surface area contributed by atoms with Gasteiger partial charge in [-0.2, -0.15) is 0 Å². The number of hydrogen-bond acceptors (Lipinski definition) is 4. The van der Waals surface area contributed by atoms with Crippen LogP contribution in [0.2, 0.25) is 0 Å². The molecule has 0 saturated carbocycles. The molecule has 0 fully saturated rings. The van der Waals surface area contributed by atoms with Gasteiger partial charge in [0.25, 0.3) is 0 Å². The van der Waals surface area contributed by atoms with Crippen LogP contribution in [0, 0.1) is 0 Å². The van der Waals surface area contributed by atoms with Crippen molar-refractivity contribution in [1.29, 1.82) is 0 Å². The second kappa shape index (κ2) is 6.39. The monoisotopic (exact) mass is 201 g/mol. The first-order chi connectivity index (χ1) is 6.52. The molecule has 0 aromatic heterocycles. The van der Waals surface area contributed by atoms with E-state index in [9.17, 15) is 9.90 Å².